The molecule has 1 aliphatic rings. The highest BCUT2D eigenvalue weighted by atomic mass is 32.1. The molecule has 4 aromatic rings. The van der Waals surface area contributed by atoms with E-state index in [9.17, 15) is 9.50 Å². The SMILES string of the molecule is O[C@]1(CNc2ccccc2F)CC[C@@H](c2nc3cc(-c4nccs4)ccc3[nH]2)CC1. The predicted octanol–water partition coefficient (Wildman–Crippen LogP) is 5.33. The minimum atomic E-state index is -0.831. The molecule has 2 aromatic heterocycles. The van der Waals surface area contributed by atoms with E-state index in [2.05, 4.69) is 33.5 Å². The monoisotopic (exact) mass is 422 g/mol. The molecule has 2 aromatic carbocycles. The van der Waals surface area contributed by atoms with Gasteiger partial charge in [-0.3, -0.25) is 0 Å². The number of imidazole rings is 1. The van der Waals surface area contributed by atoms with E-state index >= 15 is 0 Å². The molecule has 1 fully saturated rings. The minimum absolute atomic E-state index is 0.287. The standard InChI is InChI=1S/C23H23FN4OS/c24-17-3-1-2-4-18(17)26-14-23(29)9-7-15(8-10-23)21-27-19-6-5-16(13-20(19)28-21)22-25-11-12-30-22/h1-6,11-13,15,26,29H,7-10,14H2,(H,27,28)/t15-,23-. The molecule has 1 aliphatic carbocycles. The Morgan fingerprint density at radius 3 is 2.80 bits per heavy atom. The number of aliphatic hydroxyl groups is 1. The van der Waals surface area contributed by atoms with Crippen molar-refractivity contribution in [1.82, 2.24) is 15.0 Å². The first-order chi connectivity index (χ1) is 14.6. The number of hydrogen-bond donors (Lipinski definition) is 3. The summed E-state index contributed by atoms with van der Waals surface area (Å²) >= 11 is 1.62. The maximum Gasteiger partial charge on any atom is 0.146 e. The van der Waals surface area contributed by atoms with Crippen LogP contribution >= 0.6 is 11.3 Å². The number of aromatic nitrogens is 3. The summed E-state index contributed by atoms with van der Waals surface area (Å²) in [6, 6.07) is 12.8. The highest BCUT2D eigenvalue weighted by Crippen LogP contribution is 2.38. The van der Waals surface area contributed by atoms with Crippen molar-refractivity contribution >= 4 is 28.1 Å². The van der Waals surface area contributed by atoms with Gasteiger partial charge in [0.25, 0.3) is 0 Å². The van der Waals surface area contributed by atoms with Gasteiger partial charge in [-0.15, -0.1) is 11.3 Å². The van der Waals surface area contributed by atoms with Gasteiger partial charge in [0.2, 0.25) is 0 Å². The maximum absolute atomic E-state index is 13.8. The molecule has 5 nitrogen and oxygen atoms in total. The Morgan fingerprint density at radius 2 is 2.03 bits per heavy atom. The summed E-state index contributed by atoms with van der Waals surface area (Å²) in [4.78, 5) is 12.7. The van der Waals surface area contributed by atoms with Gasteiger partial charge >= 0.3 is 0 Å². The molecule has 0 aliphatic heterocycles. The molecule has 0 amide bonds. The Morgan fingerprint density at radius 1 is 1.20 bits per heavy atom. The molecule has 7 heteroatoms. The fourth-order valence-electron chi connectivity index (χ4n) is 4.19. The molecule has 5 rings (SSSR count). The number of nitrogens with zero attached hydrogens (tertiary/aromatic N) is 2. The summed E-state index contributed by atoms with van der Waals surface area (Å²) in [5, 5.41) is 17.0. The van der Waals surface area contributed by atoms with Gasteiger partial charge in [0, 0.05) is 29.6 Å². The van der Waals surface area contributed by atoms with Gasteiger partial charge in [-0.25, -0.2) is 14.4 Å². The van der Waals surface area contributed by atoms with E-state index in [1.54, 1.807) is 29.5 Å². The minimum Gasteiger partial charge on any atom is -0.388 e. The van der Waals surface area contributed by atoms with E-state index < -0.39 is 5.60 Å². The summed E-state index contributed by atoms with van der Waals surface area (Å²) in [6.07, 6.45) is 4.80. The first kappa shape index (κ1) is 19.2. The van der Waals surface area contributed by atoms with Gasteiger partial charge in [-0.1, -0.05) is 12.1 Å². The van der Waals surface area contributed by atoms with Crippen LogP contribution in [0, 0.1) is 5.82 Å². The van der Waals surface area contributed by atoms with Crippen molar-refractivity contribution in [3.63, 3.8) is 0 Å². The summed E-state index contributed by atoms with van der Waals surface area (Å²) in [5.74, 6) is 0.967. The number of benzene rings is 2. The molecular weight excluding hydrogens is 399 g/mol. The van der Waals surface area contributed by atoms with E-state index in [4.69, 9.17) is 4.98 Å². The Labute approximate surface area is 178 Å². The lowest BCUT2D eigenvalue weighted by Gasteiger charge is -2.35. The molecule has 0 bridgehead atoms. The highest BCUT2D eigenvalue weighted by Gasteiger charge is 2.34. The lowest BCUT2D eigenvalue weighted by Crippen LogP contribution is -2.40. The largest absolute Gasteiger partial charge is 0.388 e. The molecule has 0 atom stereocenters. The van der Waals surface area contributed by atoms with E-state index in [0.29, 0.717) is 25.1 Å². The number of rotatable bonds is 5. The molecule has 0 saturated heterocycles. The normalized spacial score (nSPS) is 21.7. The zero-order chi connectivity index (χ0) is 20.6. The Kier molecular flexibility index (Phi) is 5.00. The van der Waals surface area contributed by atoms with Gasteiger partial charge in [-0.05, 0) is 56.0 Å². The first-order valence-corrected chi connectivity index (χ1v) is 11.1. The number of anilines is 1. The zero-order valence-electron chi connectivity index (χ0n) is 16.4. The number of fused-ring (bicyclic) bond motifs is 1. The third-order valence-corrected chi connectivity index (χ3v) is 6.79. The molecule has 154 valence electrons. The zero-order valence-corrected chi connectivity index (χ0v) is 17.3. The van der Waals surface area contributed by atoms with Crippen molar-refractivity contribution in [3.05, 3.63) is 65.7 Å². The highest BCUT2D eigenvalue weighted by molar-refractivity contribution is 7.13. The average molecular weight is 423 g/mol. The number of H-pyrrole nitrogens is 1. The van der Waals surface area contributed by atoms with Crippen LogP contribution in [-0.2, 0) is 0 Å². The first-order valence-electron chi connectivity index (χ1n) is 10.2. The topological polar surface area (TPSA) is 73.8 Å². The van der Waals surface area contributed by atoms with Gasteiger partial charge in [0.15, 0.2) is 0 Å². The Balaban J connectivity index is 1.26. The number of thiazole rings is 1. The van der Waals surface area contributed by atoms with Crippen LogP contribution in [0.1, 0.15) is 37.4 Å². The van der Waals surface area contributed by atoms with Gasteiger partial charge in [0.05, 0.1) is 22.3 Å². The number of nitrogens with one attached hydrogen (secondary N) is 2. The smallest absolute Gasteiger partial charge is 0.146 e. The van der Waals surface area contributed by atoms with Gasteiger partial charge in [0.1, 0.15) is 16.6 Å². The van der Waals surface area contributed by atoms with Crippen molar-refractivity contribution in [1.29, 1.82) is 0 Å². The van der Waals surface area contributed by atoms with E-state index in [0.717, 1.165) is 40.3 Å². The summed E-state index contributed by atoms with van der Waals surface area (Å²) in [5.41, 5.74) is 2.64. The predicted molar refractivity (Wildman–Crippen MR) is 118 cm³/mol. The Hall–Kier alpha value is -2.77. The van der Waals surface area contributed by atoms with Gasteiger partial charge in [-0.2, -0.15) is 0 Å². The van der Waals surface area contributed by atoms with Crippen LogP contribution in [0.15, 0.2) is 54.0 Å². The second kappa shape index (κ2) is 7.81. The van der Waals surface area contributed by atoms with Crippen LogP contribution < -0.4 is 5.32 Å². The lowest BCUT2D eigenvalue weighted by molar-refractivity contribution is 0.0109. The van der Waals surface area contributed by atoms with Crippen molar-refractivity contribution in [3.8, 4) is 10.6 Å². The maximum atomic E-state index is 13.8. The van der Waals surface area contributed by atoms with E-state index in [1.165, 1.54) is 6.07 Å². The summed E-state index contributed by atoms with van der Waals surface area (Å²) < 4.78 is 13.8. The van der Waals surface area contributed by atoms with Crippen molar-refractivity contribution in [2.75, 3.05) is 11.9 Å². The summed E-state index contributed by atoms with van der Waals surface area (Å²) in [6.45, 7) is 0.345. The third-order valence-electron chi connectivity index (χ3n) is 5.97. The van der Waals surface area contributed by atoms with Crippen LogP contribution in [0.3, 0.4) is 0 Å². The molecule has 2 heterocycles. The van der Waals surface area contributed by atoms with Crippen LogP contribution in [0.4, 0.5) is 10.1 Å². The Bertz CT molecular complexity index is 1150. The number of halogens is 1. The van der Waals surface area contributed by atoms with E-state index in [1.807, 2.05) is 11.6 Å². The molecule has 1 saturated carbocycles. The molecule has 0 spiro atoms. The van der Waals surface area contributed by atoms with Crippen molar-refractivity contribution in [2.24, 2.45) is 0 Å². The quantitative estimate of drug-likeness (QED) is 0.407. The second-order valence-corrected chi connectivity index (χ2v) is 8.92. The van der Waals surface area contributed by atoms with Crippen LogP contribution in [-0.4, -0.2) is 32.2 Å². The van der Waals surface area contributed by atoms with Crippen LogP contribution in [0.2, 0.25) is 0 Å². The molecule has 0 radical (unpaired) electrons. The molecule has 30 heavy (non-hydrogen) atoms. The third kappa shape index (κ3) is 3.82. The number of para-hydroxylation sites is 1. The van der Waals surface area contributed by atoms with Gasteiger partial charge < -0.3 is 15.4 Å². The number of hydrogen-bond acceptors (Lipinski definition) is 5. The van der Waals surface area contributed by atoms with E-state index in [-0.39, 0.29) is 11.7 Å². The van der Waals surface area contributed by atoms with Crippen molar-refractivity contribution in [2.45, 2.75) is 37.2 Å². The lowest BCUT2D eigenvalue weighted by atomic mass is 9.78. The van der Waals surface area contributed by atoms with Crippen LogP contribution in [0.25, 0.3) is 21.6 Å². The molecule has 3 N–H and O–H groups in total. The summed E-state index contributed by atoms with van der Waals surface area (Å²) in [7, 11) is 0. The average Bonchev–Trinajstić information content (AvgIpc) is 3.43. The van der Waals surface area contributed by atoms with Crippen LogP contribution in [0.5, 0.6) is 0 Å². The number of aromatic amines is 1. The fraction of sp³-hybridized carbons (Fsp3) is 0.304. The van der Waals surface area contributed by atoms with Crippen molar-refractivity contribution < 1.29 is 9.50 Å². The molecule has 0 unspecified atom stereocenters. The molecular formula is C23H23FN4OS. The fourth-order valence-corrected chi connectivity index (χ4v) is 4.82. The second-order valence-electron chi connectivity index (χ2n) is 8.02.